The van der Waals surface area contributed by atoms with E-state index in [-0.39, 0.29) is 35.4 Å². The van der Waals surface area contributed by atoms with Crippen LogP contribution < -0.4 is 0 Å². The maximum atomic E-state index is 13.6. The molecule has 0 saturated heterocycles. The van der Waals surface area contributed by atoms with E-state index in [9.17, 15) is 8.78 Å². The summed E-state index contributed by atoms with van der Waals surface area (Å²) >= 11 is 0. The van der Waals surface area contributed by atoms with Gasteiger partial charge in [0.1, 0.15) is 17.8 Å². The zero-order valence-corrected chi connectivity index (χ0v) is 11.7. The highest BCUT2D eigenvalue weighted by molar-refractivity contribution is 5.73. The Balaban J connectivity index is 1.61. The minimum atomic E-state index is -0.449. The van der Waals surface area contributed by atoms with Gasteiger partial charge in [0.15, 0.2) is 11.4 Å². The van der Waals surface area contributed by atoms with E-state index in [1.807, 2.05) is 0 Å². The van der Waals surface area contributed by atoms with Gasteiger partial charge in [0, 0.05) is 5.56 Å². The highest BCUT2D eigenvalue weighted by atomic mass is 19.1. The number of para-hydroxylation sites is 1. The molecule has 0 saturated carbocycles. The van der Waals surface area contributed by atoms with Crippen molar-refractivity contribution < 1.29 is 17.6 Å². The molecule has 0 radical (unpaired) electrons. The van der Waals surface area contributed by atoms with Gasteiger partial charge in [0.2, 0.25) is 17.7 Å². The van der Waals surface area contributed by atoms with E-state index >= 15 is 0 Å². The van der Waals surface area contributed by atoms with Gasteiger partial charge in [-0.05, 0) is 36.4 Å². The lowest BCUT2D eigenvalue weighted by Gasteiger charge is -1.93. The molecule has 5 nitrogen and oxygen atoms in total. The van der Waals surface area contributed by atoms with E-state index in [2.05, 4.69) is 15.2 Å². The normalized spacial score (nSPS) is 11.2. The first-order valence-electron chi connectivity index (χ1n) is 6.81. The lowest BCUT2D eigenvalue weighted by molar-refractivity contribution is 0.476. The number of hydrogen-bond acceptors (Lipinski definition) is 5. The second kappa shape index (κ2) is 5.28. The molecule has 2 aromatic carbocycles. The zero-order valence-electron chi connectivity index (χ0n) is 11.7. The summed E-state index contributed by atoms with van der Waals surface area (Å²) < 4.78 is 37.5. The van der Waals surface area contributed by atoms with Crippen molar-refractivity contribution in [3.05, 3.63) is 65.9 Å². The molecule has 0 aliphatic heterocycles. The lowest BCUT2D eigenvalue weighted by Crippen LogP contribution is -1.88. The summed E-state index contributed by atoms with van der Waals surface area (Å²) in [5, 5.41) is 7.80. The molecule has 0 unspecified atom stereocenters. The van der Waals surface area contributed by atoms with E-state index in [0.29, 0.717) is 11.1 Å². The van der Waals surface area contributed by atoms with E-state index in [1.165, 1.54) is 18.2 Å². The SMILES string of the molecule is Fc1ccc(-c2nnc(Cc3nc4c(F)cccc4o3)o2)cc1. The molecule has 4 aromatic rings. The van der Waals surface area contributed by atoms with E-state index in [4.69, 9.17) is 8.83 Å². The molecule has 2 aromatic heterocycles. The van der Waals surface area contributed by atoms with Gasteiger partial charge in [-0.3, -0.25) is 0 Å². The van der Waals surface area contributed by atoms with Gasteiger partial charge in [-0.1, -0.05) is 6.07 Å². The van der Waals surface area contributed by atoms with Crippen molar-refractivity contribution in [2.75, 3.05) is 0 Å². The average molecular weight is 313 g/mol. The standard InChI is InChI=1S/C16H9F2N3O2/c17-10-6-4-9(5-7-10)16-21-20-14(23-16)8-13-19-15-11(18)2-1-3-12(15)22-13/h1-7H,8H2. The van der Waals surface area contributed by atoms with Crippen LogP contribution in [0.3, 0.4) is 0 Å². The molecule has 0 aliphatic rings. The fourth-order valence-electron chi connectivity index (χ4n) is 2.20. The van der Waals surface area contributed by atoms with Gasteiger partial charge in [0.25, 0.3) is 0 Å². The van der Waals surface area contributed by atoms with Gasteiger partial charge in [-0.25, -0.2) is 13.8 Å². The van der Waals surface area contributed by atoms with Crippen LogP contribution in [0.1, 0.15) is 11.8 Å². The molecule has 23 heavy (non-hydrogen) atoms. The summed E-state index contributed by atoms with van der Waals surface area (Å²) in [5.41, 5.74) is 1.13. The minimum Gasteiger partial charge on any atom is -0.440 e. The Bertz CT molecular complexity index is 977. The van der Waals surface area contributed by atoms with Gasteiger partial charge in [0.05, 0.1) is 0 Å². The Hall–Kier alpha value is -3.09. The molecule has 0 atom stereocenters. The molecule has 0 bridgehead atoms. The number of nitrogens with zero attached hydrogens (tertiary/aromatic N) is 3. The number of aromatic nitrogens is 3. The Morgan fingerprint density at radius 1 is 0.870 bits per heavy atom. The molecular formula is C16H9F2N3O2. The highest BCUT2D eigenvalue weighted by Crippen LogP contribution is 2.22. The fourth-order valence-corrected chi connectivity index (χ4v) is 2.20. The third-order valence-electron chi connectivity index (χ3n) is 3.27. The van der Waals surface area contributed by atoms with E-state index < -0.39 is 5.82 Å². The van der Waals surface area contributed by atoms with Crippen molar-refractivity contribution in [2.45, 2.75) is 6.42 Å². The van der Waals surface area contributed by atoms with Crippen LogP contribution in [0, 0.1) is 11.6 Å². The molecule has 2 heterocycles. The van der Waals surface area contributed by atoms with E-state index in [0.717, 1.165) is 0 Å². The van der Waals surface area contributed by atoms with Crippen molar-refractivity contribution in [1.29, 1.82) is 0 Å². The van der Waals surface area contributed by atoms with Gasteiger partial charge in [-0.2, -0.15) is 0 Å². The topological polar surface area (TPSA) is 65.0 Å². The second-order valence-corrected chi connectivity index (χ2v) is 4.88. The molecule has 0 N–H and O–H groups in total. The smallest absolute Gasteiger partial charge is 0.247 e. The summed E-state index contributed by atoms with van der Waals surface area (Å²) in [6.45, 7) is 0. The summed E-state index contributed by atoms with van der Waals surface area (Å²) in [5.74, 6) is 0.0232. The fraction of sp³-hybridized carbons (Fsp3) is 0.0625. The molecule has 7 heteroatoms. The van der Waals surface area contributed by atoms with Gasteiger partial charge < -0.3 is 8.83 Å². The van der Waals surface area contributed by atoms with Crippen LogP contribution in [0.15, 0.2) is 51.3 Å². The molecule has 0 spiro atoms. The van der Waals surface area contributed by atoms with Crippen LogP contribution in [-0.2, 0) is 6.42 Å². The molecule has 0 amide bonds. The van der Waals surface area contributed by atoms with Crippen molar-refractivity contribution in [1.82, 2.24) is 15.2 Å². The Labute approximate surface area is 128 Å². The van der Waals surface area contributed by atoms with Gasteiger partial charge >= 0.3 is 0 Å². The predicted molar refractivity (Wildman–Crippen MR) is 76.5 cm³/mol. The third-order valence-corrected chi connectivity index (χ3v) is 3.27. The summed E-state index contributed by atoms with van der Waals surface area (Å²) in [4.78, 5) is 4.08. The third kappa shape index (κ3) is 2.57. The Morgan fingerprint density at radius 2 is 1.70 bits per heavy atom. The number of hydrogen-bond donors (Lipinski definition) is 0. The van der Waals surface area contributed by atoms with Crippen molar-refractivity contribution in [3.8, 4) is 11.5 Å². The maximum Gasteiger partial charge on any atom is 0.247 e. The highest BCUT2D eigenvalue weighted by Gasteiger charge is 2.14. The van der Waals surface area contributed by atoms with Gasteiger partial charge in [-0.15, -0.1) is 10.2 Å². The van der Waals surface area contributed by atoms with Crippen molar-refractivity contribution in [3.63, 3.8) is 0 Å². The van der Waals surface area contributed by atoms with E-state index in [1.54, 1.807) is 24.3 Å². The average Bonchev–Trinajstić information content (AvgIpc) is 3.16. The Kier molecular flexibility index (Phi) is 3.11. The first-order valence-corrected chi connectivity index (χ1v) is 6.81. The number of halogens is 2. The molecule has 4 rings (SSSR count). The van der Waals surface area contributed by atoms with Crippen LogP contribution in [0.5, 0.6) is 0 Å². The van der Waals surface area contributed by atoms with Crippen LogP contribution in [-0.4, -0.2) is 15.2 Å². The molecule has 0 aliphatic carbocycles. The van der Waals surface area contributed by atoms with Crippen molar-refractivity contribution >= 4 is 11.1 Å². The Morgan fingerprint density at radius 3 is 2.48 bits per heavy atom. The number of oxazole rings is 1. The number of fused-ring (bicyclic) bond motifs is 1. The summed E-state index contributed by atoms with van der Waals surface area (Å²) in [6, 6.07) is 10.2. The molecule has 0 fully saturated rings. The van der Waals surface area contributed by atoms with Crippen LogP contribution in [0.4, 0.5) is 8.78 Å². The number of benzene rings is 2. The van der Waals surface area contributed by atoms with Crippen LogP contribution in [0.2, 0.25) is 0 Å². The molecule has 114 valence electrons. The second-order valence-electron chi connectivity index (χ2n) is 4.88. The predicted octanol–water partition coefficient (Wildman–Crippen LogP) is 3.75. The monoisotopic (exact) mass is 313 g/mol. The minimum absolute atomic E-state index is 0.141. The van der Waals surface area contributed by atoms with Crippen molar-refractivity contribution in [2.24, 2.45) is 0 Å². The van der Waals surface area contributed by atoms with Crippen LogP contribution >= 0.6 is 0 Å². The van der Waals surface area contributed by atoms with Crippen LogP contribution in [0.25, 0.3) is 22.6 Å². The quantitative estimate of drug-likeness (QED) is 0.576. The lowest BCUT2D eigenvalue weighted by atomic mass is 10.2. The zero-order chi connectivity index (χ0) is 15.8. The first-order chi connectivity index (χ1) is 11.2. The summed E-state index contributed by atoms with van der Waals surface area (Å²) in [7, 11) is 0. The number of rotatable bonds is 3. The maximum absolute atomic E-state index is 13.6. The molecular weight excluding hydrogens is 304 g/mol. The first kappa shape index (κ1) is 13.6. The largest absolute Gasteiger partial charge is 0.440 e. The summed E-state index contributed by atoms with van der Waals surface area (Å²) in [6.07, 6.45) is 0.141.